The second kappa shape index (κ2) is 9.73. The zero-order valence-electron chi connectivity index (χ0n) is 4.94. The van der Waals surface area contributed by atoms with Crippen molar-refractivity contribution in [2.24, 2.45) is 0 Å². The number of hydrogen-bond acceptors (Lipinski definition) is 0. The minimum atomic E-state index is 0. The van der Waals surface area contributed by atoms with Gasteiger partial charge < -0.3 is 6.92 Å². The Balaban J connectivity index is 0. The third-order valence-electron chi connectivity index (χ3n) is 0.854. The molecule has 0 aromatic rings. The molecule has 0 radical (unpaired) electrons. The van der Waals surface area contributed by atoms with E-state index in [0.717, 1.165) is 6.42 Å². The largest absolute Gasteiger partial charge is 0.343 e. The van der Waals surface area contributed by atoms with Crippen molar-refractivity contribution >= 4 is 0 Å². The van der Waals surface area contributed by atoms with Gasteiger partial charge in [0, 0.05) is 17.4 Å². The molecule has 0 bridgehead atoms. The van der Waals surface area contributed by atoms with Gasteiger partial charge in [-0.3, -0.25) is 0 Å². The van der Waals surface area contributed by atoms with E-state index in [1.807, 2.05) is 0 Å². The normalized spacial score (nSPS) is 7.71. The molecule has 0 amide bonds. The van der Waals surface area contributed by atoms with E-state index in [0.29, 0.717) is 0 Å². The maximum atomic E-state index is 3.72. The van der Waals surface area contributed by atoms with Crippen molar-refractivity contribution in [3.8, 4) is 0 Å². The summed E-state index contributed by atoms with van der Waals surface area (Å²) in [6, 6.07) is 0. The van der Waals surface area contributed by atoms with Crippen LogP contribution in [0.1, 0.15) is 32.6 Å². The van der Waals surface area contributed by atoms with E-state index in [-0.39, 0.29) is 17.4 Å². The molecule has 0 heterocycles. The van der Waals surface area contributed by atoms with Crippen LogP contribution in [0.3, 0.4) is 0 Å². The maximum absolute atomic E-state index is 3.72. The maximum Gasteiger partial charge on any atom is 0 e. The topological polar surface area (TPSA) is 0 Å². The van der Waals surface area contributed by atoms with Gasteiger partial charge in [-0.05, 0) is 0 Å². The van der Waals surface area contributed by atoms with E-state index in [1.165, 1.54) is 19.3 Å². The molecule has 0 aliphatic rings. The molecule has 0 aromatic heterocycles. The summed E-state index contributed by atoms with van der Waals surface area (Å²) < 4.78 is 0. The molecule has 0 saturated heterocycles. The quantitative estimate of drug-likeness (QED) is 0.414. The summed E-state index contributed by atoms with van der Waals surface area (Å²) >= 11 is 0. The standard InChI is InChI=1S/C6H13.Cr/c1-3-5-6-4-2;/h1,3-6H2,2H3;/q-1;. The average Bonchev–Trinajstić information content (AvgIpc) is 1.61. The fraction of sp³-hybridized carbons (Fsp3) is 0.833. The van der Waals surface area contributed by atoms with Crippen LogP contribution < -0.4 is 0 Å². The predicted molar refractivity (Wildman–Crippen MR) is 29.5 cm³/mol. The second-order valence-corrected chi connectivity index (χ2v) is 1.56. The molecule has 7 heavy (non-hydrogen) atoms. The van der Waals surface area contributed by atoms with Crippen LogP contribution in [-0.4, -0.2) is 0 Å². The van der Waals surface area contributed by atoms with E-state index in [9.17, 15) is 0 Å². The summed E-state index contributed by atoms with van der Waals surface area (Å²) in [7, 11) is 0. The van der Waals surface area contributed by atoms with Crippen LogP contribution in [0.4, 0.5) is 0 Å². The molecule has 44 valence electrons. The summed E-state index contributed by atoms with van der Waals surface area (Å²) in [4.78, 5) is 0. The van der Waals surface area contributed by atoms with Crippen LogP contribution in [0, 0.1) is 6.92 Å². The van der Waals surface area contributed by atoms with Crippen molar-refractivity contribution in [3.05, 3.63) is 6.92 Å². The zero-order valence-corrected chi connectivity index (χ0v) is 6.22. The third kappa shape index (κ3) is 10.8. The van der Waals surface area contributed by atoms with Crippen LogP contribution in [0.25, 0.3) is 0 Å². The molecule has 0 aliphatic carbocycles. The Bertz CT molecular complexity index is 16.1. The van der Waals surface area contributed by atoms with E-state index >= 15 is 0 Å². The van der Waals surface area contributed by atoms with Crippen molar-refractivity contribution in [1.82, 2.24) is 0 Å². The summed E-state index contributed by atoms with van der Waals surface area (Å²) in [6.45, 7) is 5.93. The molecule has 0 fully saturated rings. The van der Waals surface area contributed by atoms with Gasteiger partial charge in [0.1, 0.15) is 0 Å². The molecule has 0 N–H and O–H groups in total. The van der Waals surface area contributed by atoms with Gasteiger partial charge in [0.25, 0.3) is 0 Å². The summed E-state index contributed by atoms with van der Waals surface area (Å²) in [5.41, 5.74) is 0. The van der Waals surface area contributed by atoms with E-state index in [2.05, 4.69) is 13.8 Å². The molecule has 0 saturated carbocycles. The summed E-state index contributed by atoms with van der Waals surface area (Å²) in [5.74, 6) is 0. The molecular formula is C6H13Cr-. The Kier molecular flexibility index (Phi) is 14.6. The van der Waals surface area contributed by atoms with Crippen molar-refractivity contribution in [3.63, 3.8) is 0 Å². The summed E-state index contributed by atoms with van der Waals surface area (Å²) in [6.07, 6.45) is 5.07. The first-order chi connectivity index (χ1) is 2.91. The molecule has 0 aliphatic heterocycles. The zero-order chi connectivity index (χ0) is 4.83. The van der Waals surface area contributed by atoms with Crippen LogP contribution in [0.2, 0.25) is 0 Å². The van der Waals surface area contributed by atoms with Crippen molar-refractivity contribution in [2.45, 2.75) is 32.6 Å². The number of unbranched alkanes of at least 4 members (excludes halogenated alkanes) is 3. The fourth-order valence-corrected chi connectivity index (χ4v) is 0.427. The van der Waals surface area contributed by atoms with Gasteiger partial charge in [0.05, 0.1) is 0 Å². The molecular weight excluding hydrogens is 124 g/mol. The molecule has 0 aromatic carbocycles. The Morgan fingerprint density at radius 1 is 1.29 bits per heavy atom. The van der Waals surface area contributed by atoms with Crippen LogP contribution in [-0.2, 0) is 17.4 Å². The Labute approximate surface area is 57.4 Å². The predicted octanol–water partition coefficient (Wildman–Crippen LogP) is 2.40. The fourth-order valence-electron chi connectivity index (χ4n) is 0.427. The van der Waals surface area contributed by atoms with Gasteiger partial charge in [-0.1, -0.05) is 26.2 Å². The smallest absolute Gasteiger partial charge is 0 e. The Morgan fingerprint density at radius 3 is 2.00 bits per heavy atom. The first-order valence-corrected chi connectivity index (χ1v) is 2.71. The first-order valence-electron chi connectivity index (χ1n) is 2.71. The van der Waals surface area contributed by atoms with Gasteiger partial charge >= 0.3 is 0 Å². The van der Waals surface area contributed by atoms with Crippen LogP contribution in [0.15, 0.2) is 0 Å². The van der Waals surface area contributed by atoms with E-state index < -0.39 is 0 Å². The molecule has 1 heteroatoms. The van der Waals surface area contributed by atoms with Crippen molar-refractivity contribution < 1.29 is 17.4 Å². The first kappa shape index (κ1) is 10.5. The molecule has 0 atom stereocenters. The molecule has 0 unspecified atom stereocenters. The van der Waals surface area contributed by atoms with Crippen LogP contribution >= 0.6 is 0 Å². The van der Waals surface area contributed by atoms with E-state index in [4.69, 9.17) is 0 Å². The van der Waals surface area contributed by atoms with Gasteiger partial charge in [-0.2, -0.15) is 6.42 Å². The average molecular weight is 137 g/mol. The second-order valence-electron chi connectivity index (χ2n) is 1.56. The van der Waals surface area contributed by atoms with Gasteiger partial charge in [-0.25, -0.2) is 0 Å². The summed E-state index contributed by atoms with van der Waals surface area (Å²) in [5, 5.41) is 0. The number of rotatable bonds is 3. The van der Waals surface area contributed by atoms with Crippen LogP contribution in [0.5, 0.6) is 0 Å². The number of hydrogen-bond donors (Lipinski definition) is 0. The van der Waals surface area contributed by atoms with Gasteiger partial charge in [0.2, 0.25) is 0 Å². The van der Waals surface area contributed by atoms with Gasteiger partial charge in [-0.15, -0.1) is 0 Å². The van der Waals surface area contributed by atoms with Crippen molar-refractivity contribution in [1.29, 1.82) is 0 Å². The van der Waals surface area contributed by atoms with Crippen molar-refractivity contribution in [2.75, 3.05) is 0 Å². The molecule has 0 spiro atoms. The third-order valence-corrected chi connectivity index (χ3v) is 0.854. The van der Waals surface area contributed by atoms with E-state index in [1.54, 1.807) is 0 Å². The van der Waals surface area contributed by atoms with Gasteiger partial charge in [0.15, 0.2) is 0 Å². The monoisotopic (exact) mass is 137 g/mol. The molecule has 0 nitrogen and oxygen atoms in total. The Hall–Kier alpha value is 0.532. The Morgan fingerprint density at radius 2 is 1.86 bits per heavy atom. The minimum Gasteiger partial charge on any atom is -0.343 e. The molecule has 0 rings (SSSR count). The SMILES string of the molecule is [CH2-]CCCCC.[Cr]. The minimum absolute atomic E-state index is 0.